The Morgan fingerprint density at radius 1 is 0.951 bits per heavy atom. The average Bonchev–Trinajstić information content (AvgIpc) is 3.98. The van der Waals surface area contributed by atoms with Crippen LogP contribution in [-0.2, 0) is 22.4 Å². The number of likely N-dealkylation sites (N-methyl/N-ethyl adjacent to an activating group) is 1. The van der Waals surface area contributed by atoms with Crippen LogP contribution in [0, 0.1) is 11.3 Å². The number of piperidine rings is 3. The van der Waals surface area contributed by atoms with Crippen molar-refractivity contribution in [1.29, 1.82) is 0 Å². The number of nitrogens with zero attached hydrogens (tertiary/aromatic N) is 7. The molecule has 5 amide bonds. The van der Waals surface area contributed by atoms with Gasteiger partial charge in [-0.1, -0.05) is 23.4 Å². The zero-order valence-corrected chi connectivity index (χ0v) is 35.0. The lowest BCUT2D eigenvalue weighted by Crippen LogP contribution is -2.49. The van der Waals surface area contributed by atoms with Crippen LogP contribution in [0.15, 0.2) is 47.1 Å². The van der Waals surface area contributed by atoms with Gasteiger partial charge in [0.25, 0.3) is 5.91 Å². The lowest BCUT2D eigenvalue weighted by Gasteiger charge is -2.46. The number of urea groups is 1. The number of anilines is 3. The fourth-order valence-electron chi connectivity index (χ4n) is 11.4. The summed E-state index contributed by atoms with van der Waals surface area (Å²) in [5, 5.41) is 11.1. The van der Waals surface area contributed by atoms with Crippen LogP contribution in [0.25, 0.3) is 11.0 Å². The minimum absolute atomic E-state index is 0.0758. The lowest BCUT2D eigenvalue weighted by atomic mass is 9.64. The van der Waals surface area contributed by atoms with E-state index in [0.29, 0.717) is 54.0 Å². The smallest absolute Gasteiger partial charge is 0.320 e. The van der Waals surface area contributed by atoms with E-state index in [4.69, 9.17) is 15.2 Å². The fourth-order valence-corrected chi connectivity index (χ4v) is 11.4. The molecule has 15 nitrogen and oxygen atoms in total. The Hall–Kier alpha value is -5.57. The number of likely N-dealkylation sites (tertiary alicyclic amines) is 1. The van der Waals surface area contributed by atoms with Crippen molar-refractivity contribution < 1.29 is 23.7 Å². The lowest BCUT2D eigenvalue weighted by molar-refractivity contribution is -0.134. The number of hydrogen-bond donors (Lipinski definition) is 3. The molecule has 10 rings (SSSR count). The van der Waals surface area contributed by atoms with Gasteiger partial charge in [0.1, 0.15) is 11.5 Å². The van der Waals surface area contributed by atoms with Gasteiger partial charge in [-0.2, -0.15) is 0 Å². The van der Waals surface area contributed by atoms with Crippen LogP contribution in [0.1, 0.15) is 109 Å². The average molecular weight is 829 g/mol. The Labute approximate surface area is 355 Å². The summed E-state index contributed by atoms with van der Waals surface area (Å²) in [6, 6.07) is 13.0. The monoisotopic (exact) mass is 828 g/mol. The highest BCUT2D eigenvalue weighted by molar-refractivity contribution is 6.02. The predicted molar refractivity (Wildman–Crippen MR) is 230 cm³/mol. The summed E-state index contributed by atoms with van der Waals surface area (Å²) in [5.41, 5.74) is 12.5. The van der Waals surface area contributed by atoms with E-state index in [1.165, 1.54) is 55.2 Å². The van der Waals surface area contributed by atoms with E-state index in [1.54, 1.807) is 11.1 Å². The van der Waals surface area contributed by atoms with E-state index in [9.17, 15) is 19.2 Å². The number of amides is 5. The number of benzene rings is 2. The highest BCUT2D eigenvalue weighted by atomic mass is 16.5. The van der Waals surface area contributed by atoms with Gasteiger partial charge in [0, 0.05) is 62.8 Å². The molecule has 0 bridgehead atoms. The van der Waals surface area contributed by atoms with Crippen molar-refractivity contribution in [3.63, 3.8) is 0 Å². The molecular weight excluding hydrogens is 773 g/mol. The zero-order valence-electron chi connectivity index (χ0n) is 35.0. The molecule has 2 aliphatic carbocycles. The van der Waals surface area contributed by atoms with Crippen molar-refractivity contribution in [2.45, 2.75) is 94.9 Å². The zero-order chi connectivity index (χ0) is 41.8. The second-order valence-electron chi connectivity index (χ2n) is 18.7. The number of fused-ring (bicyclic) bond motifs is 3. The SMILES string of the molecule is CN1CCN([C@@H]2CCCN(c3cnc(C(N)=O)c(Nc4ccc(C5CCC6(CC5)CCN(C[C@H]5Cc7ccc8c(C9CCC(=O)NC9=O)noc8c7C5)CC6)cc4)n3)C2)C1=O. The van der Waals surface area contributed by atoms with Gasteiger partial charge in [-0.15, -0.1) is 0 Å². The number of rotatable bonds is 9. The van der Waals surface area contributed by atoms with Crippen LogP contribution in [0.2, 0.25) is 0 Å². The first-order valence-electron chi connectivity index (χ1n) is 22.4. The Balaban J connectivity index is 0.716. The van der Waals surface area contributed by atoms with Gasteiger partial charge in [-0.3, -0.25) is 19.7 Å². The van der Waals surface area contributed by atoms with Crippen molar-refractivity contribution in [3.8, 4) is 0 Å². The molecule has 1 unspecified atom stereocenters. The molecule has 6 aliphatic rings. The molecular formula is C46H56N10O5. The highest BCUT2D eigenvalue weighted by Crippen LogP contribution is 2.49. The quantitative estimate of drug-likeness (QED) is 0.182. The Kier molecular flexibility index (Phi) is 10.4. The van der Waals surface area contributed by atoms with E-state index in [1.807, 2.05) is 11.9 Å². The predicted octanol–water partition coefficient (Wildman–Crippen LogP) is 5.47. The summed E-state index contributed by atoms with van der Waals surface area (Å²) in [7, 11) is 1.84. The Bertz CT molecular complexity index is 2350. The first-order valence-corrected chi connectivity index (χ1v) is 22.4. The maximum Gasteiger partial charge on any atom is 0.320 e. The van der Waals surface area contributed by atoms with Crippen LogP contribution >= 0.6 is 0 Å². The van der Waals surface area contributed by atoms with Crippen LogP contribution in [0.4, 0.5) is 22.1 Å². The number of nitrogens with two attached hydrogens (primary N) is 1. The summed E-state index contributed by atoms with van der Waals surface area (Å²) in [4.78, 5) is 67.3. The first-order chi connectivity index (χ1) is 29.6. The number of nitrogens with one attached hydrogen (secondary N) is 2. The van der Waals surface area contributed by atoms with Crippen molar-refractivity contribution >= 4 is 52.0 Å². The normalized spacial score (nSPS) is 24.8. The molecule has 0 radical (unpaired) electrons. The van der Waals surface area contributed by atoms with E-state index < -0.39 is 11.8 Å². The summed E-state index contributed by atoms with van der Waals surface area (Å²) in [6.45, 7) is 6.30. The van der Waals surface area contributed by atoms with Gasteiger partial charge in [0.2, 0.25) is 11.8 Å². The van der Waals surface area contributed by atoms with Gasteiger partial charge in [0.15, 0.2) is 17.1 Å². The second-order valence-corrected chi connectivity index (χ2v) is 18.7. The molecule has 2 aromatic carbocycles. The van der Waals surface area contributed by atoms with Crippen LogP contribution in [0.5, 0.6) is 0 Å². The molecule has 3 atom stereocenters. The van der Waals surface area contributed by atoms with Gasteiger partial charge in [-0.25, -0.2) is 14.8 Å². The minimum Gasteiger partial charge on any atom is -0.364 e. The summed E-state index contributed by atoms with van der Waals surface area (Å²) >= 11 is 0. The molecule has 6 heterocycles. The summed E-state index contributed by atoms with van der Waals surface area (Å²) in [6.07, 6.45) is 13.7. The molecule has 4 aliphatic heterocycles. The number of imide groups is 1. The third-order valence-electron chi connectivity index (χ3n) is 15.0. The van der Waals surface area contributed by atoms with Crippen molar-refractivity contribution in [2.24, 2.45) is 17.1 Å². The summed E-state index contributed by atoms with van der Waals surface area (Å²) < 4.78 is 5.90. The third kappa shape index (κ3) is 7.70. The fraction of sp³-hybridized carbons (Fsp3) is 0.543. The molecule has 5 fully saturated rings. The minimum atomic E-state index is -0.636. The molecule has 61 heavy (non-hydrogen) atoms. The Morgan fingerprint density at radius 3 is 2.49 bits per heavy atom. The molecule has 4 saturated heterocycles. The summed E-state index contributed by atoms with van der Waals surface area (Å²) in [5.74, 6) is 0.469. The number of aromatic nitrogens is 3. The van der Waals surface area contributed by atoms with Crippen LogP contribution in [-0.4, -0.2) is 112 Å². The van der Waals surface area contributed by atoms with Crippen molar-refractivity contribution in [1.82, 2.24) is 35.1 Å². The van der Waals surface area contributed by atoms with Gasteiger partial charge >= 0.3 is 6.03 Å². The molecule has 4 aromatic rings. The topological polar surface area (TPSA) is 183 Å². The van der Waals surface area contributed by atoms with Gasteiger partial charge in [-0.05, 0) is 130 Å². The largest absolute Gasteiger partial charge is 0.364 e. The van der Waals surface area contributed by atoms with Gasteiger partial charge in [0.05, 0.1) is 18.2 Å². The van der Waals surface area contributed by atoms with Gasteiger partial charge < -0.3 is 35.2 Å². The first kappa shape index (κ1) is 39.6. The number of carbonyl (C=O) groups is 4. The molecule has 1 saturated carbocycles. The molecule has 2 aromatic heterocycles. The van der Waals surface area contributed by atoms with Crippen LogP contribution < -0.4 is 21.3 Å². The number of carbonyl (C=O) groups excluding carboxylic acids is 4. The Morgan fingerprint density at radius 2 is 1.75 bits per heavy atom. The van der Waals surface area contributed by atoms with Crippen molar-refractivity contribution in [3.05, 3.63) is 70.7 Å². The molecule has 320 valence electrons. The van der Waals surface area contributed by atoms with Crippen LogP contribution in [0.3, 0.4) is 0 Å². The standard InChI is InChI=1S/C46H56N10O5/c1-53-21-22-56(45(53)60)33-3-2-18-55(27-33)37-25-48-40(42(47)58)43(50-37)49-32-7-4-29(5-8-32)30-12-14-46(15-13-30)16-19-54(20-17-46)26-28-23-31-6-9-34-39(52-61-41(34)36(31)24-28)35-10-11-38(57)51-44(35)59/h4-9,25,28,30,33,35H,2-3,10-24,26-27H2,1H3,(H2,47,58)(H,49,50)(H,51,57,59)/t28-,33+,35?/m0/s1. The maximum atomic E-state index is 12.7. The van der Waals surface area contributed by atoms with E-state index in [2.05, 4.69) is 67.0 Å². The second kappa shape index (κ2) is 16.0. The third-order valence-corrected chi connectivity index (χ3v) is 15.0. The van der Waals surface area contributed by atoms with E-state index >= 15 is 0 Å². The molecule has 4 N–H and O–H groups in total. The van der Waals surface area contributed by atoms with E-state index in [0.717, 1.165) is 81.6 Å². The van der Waals surface area contributed by atoms with Crippen molar-refractivity contribution in [2.75, 3.05) is 63.1 Å². The maximum absolute atomic E-state index is 12.7. The van der Waals surface area contributed by atoms with E-state index in [-0.39, 0.29) is 29.6 Å². The molecule has 1 spiro atoms. The number of primary amides is 1. The molecule has 15 heteroatoms. The highest BCUT2D eigenvalue weighted by Gasteiger charge is 2.40. The number of hydrogen-bond acceptors (Lipinski definition) is 11.